The summed E-state index contributed by atoms with van der Waals surface area (Å²) in [5.41, 5.74) is 2.33. The summed E-state index contributed by atoms with van der Waals surface area (Å²) in [6.07, 6.45) is 6.12. The molecule has 0 unspecified atom stereocenters. The van der Waals surface area contributed by atoms with Gasteiger partial charge in [0.25, 0.3) is 0 Å². The average Bonchev–Trinajstić information content (AvgIpc) is 2.86. The summed E-state index contributed by atoms with van der Waals surface area (Å²) in [6, 6.07) is 3.92. The molecule has 0 bridgehead atoms. The predicted molar refractivity (Wildman–Crippen MR) is 96.8 cm³/mol. The van der Waals surface area contributed by atoms with Gasteiger partial charge in [-0.05, 0) is 68.6 Å². The third-order valence-corrected chi connectivity index (χ3v) is 8.03. The lowest BCUT2D eigenvalue weighted by Crippen LogP contribution is -2.61. The van der Waals surface area contributed by atoms with Gasteiger partial charge in [-0.1, -0.05) is 20.3 Å². The lowest BCUT2D eigenvalue weighted by Gasteiger charge is -2.61. The van der Waals surface area contributed by atoms with Crippen molar-refractivity contribution in [2.45, 2.75) is 71.5 Å². The first-order chi connectivity index (χ1) is 11.8. The first-order valence-corrected chi connectivity index (χ1v) is 9.91. The van der Waals surface area contributed by atoms with Gasteiger partial charge in [0.2, 0.25) is 0 Å². The minimum absolute atomic E-state index is 0.0222. The van der Waals surface area contributed by atoms with Crippen molar-refractivity contribution in [2.75, 3.05) is 6.61 Å². The second kappa shape index (κ2) is 4.73. The molecule has 1 N–H and O–H groups in total. The number of phenolic OH excluding ortho intramolecular Hbond substituents is 1. The van der Waals surface area contributed by atoms with Crippen LogP contribution in [-0.4, -0.2) is 17.3 Å². The molecule has 4 aliphatic rings. The van der Waals surface area contributed by atoms with Crippen LogP contribution in [0.25, 0.3) is 0 Å². The van der Waals surface area contributed by atoms with E-state index >= 15 is 0 Å². The molecule has 3 nitrogen and oxygen atoms in total. The fourth-order valence-electron chi connectivity index (χ4n) is 7.20. The molecule has 5 atom stereocenters. The largest absolute Gasteiger partial charge is 0.507 e. The Morgan fingerprint density at radius 3 is 2.72 bits per heavy atom. The first-order valence-electron chi connectivity index (χ1n) is 9.91. The van der Waals surface area contributed by atoms with E-state index in [2.05, 4.69) is 26.8 Å². The Morgan fingerprint density at radius 1 is 1.12 bits per heavy atom. The van der Waals surface area contributed by atoms with Crippen LogP contribution in [0.1, 0.15) is 70.1 Å². The fraction of sp³-hybridized carbons (Fsp3) is 0.727. The topological polar surface area (TPSA) is 38.7 Å². The molecule has 2 heterocycles. The van der Waals surface area contributed by atoms with Gasteiger partial charge in [0, 0.05) is 11.3 Å². The van der Waals surface area contributed by atoms with Gasteiger partial charge in [-0.3, -0.25) is 0 Å². The van der Waals surface area contributed by atoms with Crippen LogP contribution < -0.4 is 4.74 Å². The Balaban J connectivity index is 1.69. The molecule has 1 aromatic carbocycles. The molecule has 5 rings (SSSR count). The van der Waals surface area contributed by atoms with Gasteiger partial charge in [0.05, 0.1) is 18.3 Å². The highest BCUT2D eigenvalue weighted by atomic mass is 16.5. The zero-order chi connectivity index (χ0) is 17.6. The monoisotopic (exact) mass is 342 g/mol. The van der Waals surface area contributed by atoms with E-state index in [9.17, 15) is 5.11 Å². The quantitative estimate of drug-likeness (QED) is 0.709. The van der Waals surface area contributed by atoms with E-state index < -0.39 is 0 Å². The normalized spacial score (nSPS) is 43.6. The molecule has 0 aromatic heterocycles. The number of benzene rings is 1. The standard InChI is InChI=1S/C22H30O3/c1-13-10-14(23)17-15(11-13)25-21(4)9-6-16-20(2,3)7-5-8-22(16)12-24-18(17)19(21)22/h10-11,16,18-19,23H,5-9,12H2,1-4H3/t16-,18-,19-,21-,22+/m0/s1. The first kappa shape index (κ1) is 16.0. The van der Waals surface area contributed by atoms with Crippen molar-refractivity contribution >= 4 is 0 Å². The lowest BCUT2D eigenvalue weighted by molar-refractivity contribution is -0.156. The summed E-state index contributed by atoms with van der Waals surface area (Å²) in [7, 11) is 0. The maximum Gasteiger partial charge on any atom is 0.129 e. The molecular weight excluding hydrogens is 312 g/mol. The fourth-order valence-corrected chi connectivity index (χ4v) is 7.20. The number of fused-ring (bicyclic) bond motifs is 2. The van der Waals surface area contributed by atoms with Gasteiger partial charge in [-0.2, -0.15) is 0 Å². The molecule has 25 heavy (non-hydrogen) atoms. The van der Waals surface area contributed by atoms with Crippen molar-refractivity contribution in [3.63, 3.8) is 0 Å². The van der Waals surface area contributed by atoms with Crippen LogP contribution in [-0.2, 0) is 4.74 Å². The van der Waals surface area contributed by atoms with Gasteiger partial charge < -0.3 is 14.6 Å². The van der Waals surface area contributed by atoms with Crippen molar-refractivity contribution in [3.05, 3.63) is 23.3 Å². The molecule has 3 fully saturated rings. The van der Waals surface area contributed by atoms with Gasteiger partial charge in [-0.15, -0.1) is 0 Å². The van der Waals surface area contributed by atoms with Crippen molar-refractivity contribution in [1.82, 2.24) is 0 Å². The summed E-state index contributed by atoms with van der Waals surface area (Å²) in [5, 5.41) is 10.7. The highest BCUT2D eigenvalue weighted by molar-refractivity contribution is 5.51. The second-order valence-electron chi connectivity index (χ2n) is 9.99. The molecule has 2 saturated carbocycles. The predicted octanol–water partition coefficient (Wildman–Crippen LogP) is 5.15. The van der Waals surface area contributed by atoms with E-state index in [0.29, 0.717) is 23.0 Å². The molecule has 0 amide bonds. The number of aromatic hydroxyl groups is 1. The Morgan fingerprint density at radius 2 is 1.92 bits per heavy atom. The van der Waals surface area contributed by atoms with E-state index in [-0.39, 0.29) is 17.1 Å². The smallest absolute Gasteiger partial charge is 0.129 e. The van der Waals surface area contributed by atoms with Gasteiger partial charge in [0.1, 0.15) is 17.1 Å². The van der Waals surface area contributed by atoms with E-state index in [1.807, 2.05) is 13.0 Å². The number of rotatable bonds is 0. The lowest BCUT2D eigenvalue weighted by atomic mass is 9.44. The Labute approximate surface area is 150 Å². The Kier molecular flexibility index (Phi) is 3.03. The number of hydrogen-bond acceptors (Lipinski definition) is 3. The molecule has 1 saturated heterocycles. The van der Waals surface area contributed by atoms with E-state index in [1.165, 1.54) is 25.7 Å². The highest BCUT2D eigenvalue weighted by Crippen LogP contribution is 2.71. The second-order valence-corrected chi connectivity index (χ2v) is 9.99. The van der Waals surface area contributed by atoms with Crippen molar-refractivity contribution in [2.24, 2.45) is 22.7 Å². The molecule has 1 spiro atoms. The van der Waals surface area contributed by atoms with Gasteiger partial charge in [0.15, 0.2) is 0 Å². The van der Waals surface area contributed by atoms with E-state index in [4.69, 9.17) is 9.47 Å². The summed E-state index contributed by atoms with van der Waals surface area (Å²) in [4.78, 5) is 0. The van der Waals surface area contributed by atoms with E-state index in [1.54, 1.807) is 0 Å². The van der Waals surface area contributed by atoms with Crippen LogP contribution in [0, 0.1) is 29.6 Å². The van der Waals surface area contributed by atoms with Gasteiger partial charge >= 0.3 is 0 Å². The average molecular weight is 342 g/mol. The minimum atomic E-state index is -0.182. The van der Waals surface area contributed by atoms with Crippen LogP contribution in [0.4, 0.5) is 0 Å². The molecular formula is C22H30O3. The molecule has 136 valence electrons. The van der Waals surface area contributed by atoms with Crippen molar-refractivity contribution < 1.29 is 14.6 Å². The van der Waals surface area contributed by atoms with E-state index in [0.717, 1.165) is 29.9 Å². The zero-order valence-corrected chi connectivity index (χ0v) is 15.9. The third kappa shape index (κ3) is 1.91. The van der Waals surface area contributed by atoms with Crippen LogP contribution in [0.3, 0.4) is 0 Å². The van der Waals surface area contributed by atoms with Crippen LogP contribution >= 0.6 is 0 Å². The van der Waals surface area contributed by atoms with Gasteiger partial charge in [-0.25, -0.2) is 0 Å². The number of phenols is 1. The van der Waals surface area contributed by atoms with Crippen molar-refractivity contribution in [1.29, 1.82) is 0 Å². The third-order valence-electron chi connectivity index (χ3n) is 8.03. The molecule has 3 heteroatoms. The SMILES string of the molecule is Cc1cc(O)c2c(c1)O[C@@]1(C)CC[C@H]3C(C)(C)CCC[C@@]34CO[C@@H]2[C@H]41. The zero-order valence-electron chi connectivity index (χ0n) is 15.9. The molecule has 1 aromatic rings. The number of hydrogen-bond donors (Lipinski definition) is 1. The number of aryl methyl sites for hydroxylation is 1. The summed E-state index contributed by atoms with van der Waals surface area (Å²) < 4.78 is 13.1. The molecule has 0 radical (unpaired) electrons. The maximum absolute atomic E-state index is 10.7. The summed E-state index contributed by atoms with van der Waals surface area (Å²) >= 11 is 0. The highest BCUT2D eigenvalue weighted by Gasteiger charge is 2.69. The Hall–Kier alpha value is -1.22. The number of ether oxygens (including phenoxy) is 2. The van der Waals surface area contributed by atoms with Crippen LogP contribution in [0.15, 0.2) is 12.1 Å². The summed E-state index contributed by atoms with van der Waals surface area (Å²) in [5.74, 6) is 2.22. The van der Waals surface area contributed by atoms with Crippen LogP contribution in [0.5, 0.6) is 11.5 Å². The minimum Gasteiger partial charge on any atom is -0.507 e. The summed E-state index contributed by atoms with van der Waals surface area (Å²) in [6.45, 7) is 10.0. The Bertz CT molecular complexity index is 739. The van der Waals surface area contributed by atoms with Crippen LogP contribution in [0.2, 0.25) is 0 Å². The maximum atomic E-state index is 10.7. The molecule has 2 aliphatic heterocycles. The molecule has 2 aliphatic carbocycles. The van der Waals surface area contributed by atoms with Crippen molar-refractivity contribution in [3.8, 4) is 11.5 Å².